The molecule has 7 nitrogen and oxygen atoms in total. The maximum atomic E-state index is 11.6. The summed E-state index contributed by atoms with van der Waals surface area (Å²) in [4.78, 5) is 21.7. The summed E-state index contributed by atoms with van der Waals surface area (Å²) in [6.07, 6.45) is 3.79. The molecular weight excluding hydrogens is 286 g/mol. The van der Waals surface area contributed by atoms with Crippen LogP contribution >= 0.6 is 0 Å². The van der Waals surface area contributed by atoms with Gasteiger partial charge in [-0.25, -0.2) is 5.43 Å². The molecule has 0 spiro atoms. The molecule has 0 aliphatic rings. The summed E-state index contributed by atoms with van der Waals surface area (Å²) in [6.45, 7) is 3.91. The number of carbonyl (C=O) groups excluding carboxylic acids is 1. The van der Waals surface area contributed by atoms with Gasteiger partial charge in [-0.2, -0.15) is 5.10 Å². The molecule has 0 unspecified atom stereocenters. The molecule has 1 amide bonds. The topological polar surface area (TPSA) is 93.8 Å². The third-order valence-corrected chi connectivity index (χ3v) is 2.98. The molecule has 0 atom stereocenters. The van der Waals surface area contributed by atoms with Gasteiger partial charge in [0, 0.05) is 17.8 Å². The largest absolute Gasteiger partial charge is 0.484 e. The number of hydrogen-bond donors (Lipinski definition) is 1. The van der Waals surface area contributed by atoms with E-state index in [1.54, 1.807) is 0 Å². The van der Waals surface area contributed by atoms with E-state index < -0.39 is 4.92 Å². The van der Waals surface area contributed by atoms with Crippen LogP contribution in [0.3, 0.4) is 0 Å². The fourth-order valence-corrected chi connectivity index (χ4v) is 1.68. The van der Waals surface area contributed by atoms with E-state index in [-0.39, 0.29) is 18.2 Å². The van der Waals surface area contributed by atoms with E-state index in [4.69, 9.17) is 4.74 Å². The van der Waals surface area contributed by atoms with Crippen LogP contribution < -0.4 is 10.2 Å². The Morgan fingerprint density at radius 2 is 2.00 bits per heavy atom. The van der Waals surface area contributed by atoms with Crippen molar-refractivity contribution in [3.63, 3.8) is 0 Å². The van der Waals surface area contributed by atoms with Crippen molar-refractivity contribution in [1.82, 2.24) is 5.43 Å². The Morgan fingerprint density at radius 3 is 2.55 bits per heavy atom. The smallest absolute Gasteiger partial charge is 0.277 e. The molecule has 0 aromatic heterocycles. The van der Waals surface area contributed by atoms with Crippen LogP contribution in [0.5, 0.6) is 5.75 Å². The SMILES string of the molecule is CCCC/C(CC)=N/NC(=O)COc1ccc([N+](=O)[O-])cc1. The Hall–Kier alpha value is -2.44. The maximum absolute atomic E-state index is 11.6. The average Bonchev–Trinajstić information content (AvgIpc) is 2.53. The highest BCUT2D eigenvalue weighted by Crippen LogP contribution is 2.16. The van der Waals surface area contributed by atoms with Crippen LogP contribution in [0.15, 0.2) is 29.4 Å². The van der Waals surface area contributed by atoms with Gasteiger partial charge in [-0.3, -0.25) is 14.9 Å². The van der Waals surface area contributed by atoms with Crippen LogP contribution in [0.1, 0.15) is 39.5 Å². The number of ether oxygens (including phenoxy) is 1. The lowest BCUT2D eigenvalue weighted by Crippen LogP contribution is -2.25. The van der Waals surface area contributed by atoms with Gasteiger partial charge in [0.25, 0.3) is 11.6 Å². The van der Waals surface area contributed by atoms with Gasteiger partial charge in [-0.1, -0.05) is 20.3 Å². The van der Waals surface area contributed by atoms with Gasteiger partial charge < -0.3 is 4.74 Å². The summed E-state index contributed by atoms with van der Waals surface area (Å²) in [7, 11) is 0. The molecule has 0 aliphatic carbocycles. The maximum Gasteiger partial charge on any atom is 0.277 e. The van der Waals surface area contributed by atoms with Crippen LogP contribution in [0.4, 0.5) is 5.69 Å². The van der Waals surface area contributed by atoms with Crippen molar-refractivity contribution in [2.45, 2.75) is 39.5 Å². The number of nitro groups is 1. The number of nitro benzene ring substituents is 1. The highest BCUT2D eigenvalue weighted by Gasteiger charge is 2.06. The van der Waals surface area contributed by atoms with Gasteiger partial charge >= 0.3 is 0 Å². The molecule has 0 saturated heterocycles. The number of amides is 1. The predicted molar refractivity (Wildman–Crippen MR) is 84.0 cm³/mol. The van der Waals surface area contributed by atoms with E-state index in [1.165, 1.54) is 24.3 Å². The first-order valence-corrected chi connectivity index (χ1v) is 7.28. The minimum absolute atomic E-state index is 0.0232. The lowest BCUT2D eigenvalue weighted by Gasteiger charge is -2.06. The lowest BCUT2D eigenvalue weighted by atomic mass is 10.1. The van der Waals surface area contributed by atoms with E-state index in [9.17, 15) is 14.9 Å². The number of benzene rings is 1. The standard InChI is InChI=1S/C15H21N3O4/c1-3-5-6-12(4-2)16-17-15(19)11-22-14-9-7-13(8-10-14)18(20)21/h7-10H,3-6,11H2,1-2H3,(H,17,19)/b16-12+. The van der Waals surface area contributed by atoms with Crippen molar-refractivity contribution in [1.29, 1.82) is 0 Å². The van der Waals surface area contributed by atoms with Crippen LogP contribution in [0, 0.1) is 10.1 Å². The highest BCUT2D eigenvalue weighted by atomic mass is 16.6. The van der Waals surface area contributed by atoms with Crippen LogP contribution in [0.2, 0.25) is 0 Å². The zero-order valence-electron chi connectivity index (χ0n) is 12.9. The minimum Gasteiger partial charge on any atom is -0.484 e. The van der Waals surface area contributed by atoms with Crippen LogP contribution in [-0.4, -0.2) is 23.1 Å². The van der Waals surface area contributed by atoms with Crippen molar-refractivity contribution in [3.05, 3.63) is 34.4 Å². The Morgan fingerprint density at radius 1 is 1.32 bits per heavy atom. The fourth-order valence-electron chi connectivity index (χ4n) is 1.68. The van der Waals surface area contributed by atoms with Gasteiger partial charge in [0.2, 0.25) is 0 Å². The predicted octanol–water partition coefficient (Wildman–Crippen LogP) is 3.05. The molecule has 7 heteroatoms. The summed E-state index contributed by atoms with van der Waals surface area (Å²) in [5.74, 6) is 0.0345. The van der Waals surface area contributed by atoms with Crippen molar-refractivity contribution >= 4 is 17.3 Å². The highest BCUT2D eigenvalue weighted by molar-refractivity contribution is 5.86. The second-order valence-corrected chi connectivity index (χ2v) is 4.71. The average molecular weight is 307 g/mol. The Kier molecular flexibility index (Phi) is 7.60. The molecular formula is C15H21N3O4. The lowest BCUT2D eigenvalue weighted by molar-refractivity contribution is -0.384. The molecule has 1 aromatic rings. The molecule has 22 heavy (non-hydrogen) atoms. The van der Waals surface area contributed by atoms with Gasteiger partial charge in [0.15, 0.2) is 6.61 Å². The van der Waals surface area contributed by atoms with Gasteiger partial charge in [-0.05, 0) is 31.4 Å². The number of non-ortho nitro benzene ring substituents is 1. The first-order valence-electron chi connectivity index (χ1n) is 7.28. The summed E-state index contributed by atoms with van der Waals surface area (Å²) in [6, 6.07) is 5.55. The van der Waals surface area contributed by atoms with Gasteiger partial charge in [0.1, 0.15) is 5.75 Å². The zero-order valence-corrected chi connectivity index (χ0v) is 12.9. The molecule has 0 radical (unpaired) electrons. The van der Waals surface area contributed by atoms with Crippen molar-refractivity contribution < 1.29 is 14.5 Å². The third-order valence-electron chi connectivity index (χ3n) is 2.98. The second-order valence-electron chi connectivity index (χ2n) is 4.71. The van der Waals surface area contributed by atoms with Gasteiger partial charge in [0.05, 0.1) is 4.92 Å². The summed E-state index contributed by atoms with van der Waals surface area (Å²) >= 11 is 0. The van der Waals surface area contributed by atoms with E-state index >= 15 is 0 Å². The summed E-state index contributed by atoms with van der Waals surface area (Å²) in [5.41, 5.74) is 3.38. The molecule has 1 aromatic carbocycles. The molecule has 0 saturated carbocycles. The van der Waals surface area contributed by atoms with Crippen molar-refractivity contribution in [2.75, 3.05) is 6.61 Å². The number of carbonyl (C=O) groups is 1. The molecule has 1 N–H and O–H groups in total. The van der Waals surface area contributed by atoms with Crippen LogP contribution in [0.25, 0.3) is 0 Å². The number of hydrazone groups is 1. The Balaban J connectivity index is 2.42. The van der Waals surface area contributed by atoms with Gasteiger partial charge in [-0.15, -0.1) is 0 Å². The zero-order chi connectivity index (χ0) is 16.4. The molecule has 0 aliphatic heterocycles. The van der Waals surface area contributed by atoms with E-state index in [2.05, 4.69) is 17.5 Å². The normalized spacial score (nSPS) is 11.1. The molecule has 1 rings (SSSR count). The van der Waals surface area contributed by atoms with Crippen molar-refractivity contribution in [2.24, 2.45) is 5.10 Å². The monoisotopic (exact) mass is 307 g/mol. The molecule has 120 valence electrons. The summed E-state index contributed by atoms with van der Waals surface area (Å²) < 4.78 is 5.25. The minimum atomic E-state index is -0.492. The van der Waals surface area contributed by atoms with Crippen molar-refractivity contribution in [3.8, 4) is 5.75 Å². The number of hydrogen-bond acceptors (Lipinski definition) is 5. The number of unbranched alkanes of at least 4 members (excludes halogenated alkanes) is 1. The Bertz CT molecular complexity index is 526. The first-order chi connectivity index (χ1) is 10.6. The Labute approximate surface area is 129 Å². The van der Waals surface area contributed by atoms with Crippen LogP contribution in [-0.2, 0) is 4.79 Å². The summed E-state index contributed by atoms with van der Waals surface area (Å²) in [5, 5.41) is 14.6. The molecule has 0 heterocycles. The molecule has 0 fully saturated rings. The first kappa shape index (κ1) is 17.6. The molecule has 0 bridgehead atoms. The quantitative estimate of drug-likeness (QED) is 0.431. The third kappa shape index (κ3) is 6.34. The second kappa shape index (κ2) is 9.49. The number of nitrogens with zero attached hydrogens (tertiary/aromatic N) is 2. The van der Waals surface area contributed by atoms with E-state index in [1.807, 2.05) is 6.92 Å². The number of rotatable bonds is 9. The van der Waals surface area contributed by atoms with E-state index in [0.717, 1.165) is 31.4 Å². The fraction of sp³-hybridized carbons (Fsp3) is 0.467. The number of nitrogens with one attached hydrogen (secondary N) is 1. The van der Waals surface area contributed by atoms with E-state index in [0.29, 0.717) is 5.75 Å².